The van der Waals surface area contributed by atoms with Crippen molar-refractivity contribution >= 4 is 27.6 Å². The summed E-state index contributed by atoms with van der Waals surface area (Å²) < 4.78 is 2.29. The number of phenolic OH excluding ortho intramolecular Hbond substituents is 1. The lowest BCUT2D eigenvalue weighted by atomic mass is 10.1. The van der Waals surface area contributed by atoms with E-state index in [1.807, 2.05) is 4.90 Å². The number of carbonyl (C=O) groups is 2. The van der Waals surface area contributed by atoms with Crippen molar-refractivity contribution in [2.24, 2.45) is 7.05 Å². The number of aryl methyl sites for hydroxylation is 1. The molecule has 3 rings (SSSR count). The summed E-state index contributed by atoms with van der Waals surface area (Å²) in [5.74, 6) is 0.0496. The van der Waals surface area contributed by atoms with Crippen LogP contribution in [0.25, 0.3) is 0 Å². The van der Waals surface area contributed by atoms with Crippen LogP contribution in [0.3, 0.4) is 0 Å². The maximum atomic E-state index is 12.5. The molecule has 1 aromatic carbocycles. The summed E-state index contributed by atoms with van der Waals surface area (Å²) in [6.07, 6.45) is 1.75. The van der Waals surface area contributed by atoms with Gasteiger partial charge in [0.1, 0.15) is 5.75 Å². The molecule has 7 nitrogen and oxygen atoms in total. The Bertz CT molecular complexity index is 780. The second-order valence-electron chi connectivity index (χ2n) is 6.04. The van der Waals surface area contributed by atoms with E-state index in [2.05, 4.69) is 21.0 Å². The van der Waals surface area contributed by atoms with Gasteiger partial charge in [0, 0.05) is 45.0 Å². The molecule has 0 aliphatic carbocycles. The quantitative estimate of drug-likeness (QED) is 0.778. The first kappa shape index (κ1) is 17.6. The number of hydrogen-bond acceptors (Lipinski definition) is 5. The molecule has 0 saturated carbocycles. The summed E-state index contributed by atoms with van der Waals surface area (Å²) >= 11 is 3.36. The fourth-order valence-corrected chi connectivity index (χ4v) is 3.35. The zero-order valence-corrected chi connectivity index (χ0v) is 15.4. The molecule has 2 heterocycles. The first-order chi connectivity index (χ1) is 11.9. The molecule has 1 aliphatic rings. The van der Waals surface area contributed by atoms with E-state index in [0.29, 0.717) is 48.5 Å². The Morgan fingerprint density at radius 3 is 2.36 bits per heavy atom. The summed E-state index contributed by atoms with van der Waals surface area (Å²) in [6.45, 7) is 2.70. The highest BCUT2D eigenvalue weighted by atomic mass is 79.9. The third-order valence-corrected chi connectivity index (χ3v) is 4.78. The predicted molar refractivity (Wildman–Crippen MR) is 95.7 cm³/mol. The highest BCUT2D eigenvalue weighted by molar-refractivity contribution is 9.10. The van der Waals surface area contributed by atoms with E-state index in [-0.39, 0.29) is 17.4 Å². The minimum Gasteiger partial charge on any atom is -0.508 e. The summed E-state index contributed by atoms with van der Waals surface area (Å²) in [5, 5.41) is 13.5. The van der Waals surface area contributed by atoms with Crippen molar-refractivity contribution < 1.29 is 14.7 Å². The second kappa shape index (κ2) is 7.37. The molecule has 0 spiro atoms. The monoisotopic (exact) mass is 406 g/mol. The summed E-state index contributed by atoms with van der Waals surface area (Å²) in [7, 11) is 1.77. The molecule has 2 aromatic rings. The number of amides is 1. The number of carbonyl (C=O) groups excluding carboxylic acids is 2. The Kier molecular flexibility index (Phi) is 5.19. The molecule has 1 aliphatic heterocycles. The number of hydrogen-bond donors (Lipinski definition) is 1. The number of piperazine rings is 1. The second-order valence-corrected chi connectivity index (χ2v) is 6.89. The van der Waals surface area contributed by atoms with Crippen LogP contribution in [0, 0.1) is 0 Å². The normalized spacial score (nSPS) is 15.4. The Balaban J connectivity index is 1.55. The van der Waals surface area contributed by atoms with Crippen molar-refractivity contribution in [3.63, 3.8) is 0 Å². The van der Waals surface area contributed by atoms with Gasteiger partial charge in [0.05, 0.1) is 11.0 Å². The molecule has 0 atom stereocenters. The van der Waals surface area contributed by atoms with Crippen LogP contribution in [-0.2, 0) is 7.05 Å². The van der Waals surface area contributed by atoms with Crippen LogP contribution in [0.1, 0.15) is 20.8 Å². The molecule has 1 N–H and O–H groups in total. The highest BCUT2D eigenvalue weighted by Crippen LogP contribution is 2.17. The molecular formula is C17H19BrN4O3. The SMILES string of the molecule is Cn1cc(Br)c(C(=O)N2CCN(CC(=O)c3ccc(O)cc3)CC2)n1. The Hall–Kier alpha value is -2.19. The van der Waals surface area contributed by atoms with Crippen molar-refractivity contribution in [2.45, 2.75) is 0 Å². The lowest BCUT2D eigenvalue weighted by molar-refractivity contribution is 0.0617. The maximum absolute atomic E-state index is 12.5. The van der Waals surface area contributed by atoms with Crippen LogP contribution in [0.5, 0.6) is 5.75 Å². The standard InChI is InChI=1S/C17H19BrN4O3/c1-20-10-14(18)16(19-20)17(25)22-8-6-21(7-9-22)11-15(24)12-2-4-13(23)5-3-12/h2-5,10,23H,6-9,11H2,1H3. The smallest absolute Gasteiger partial charge is 0.275 e. The van der Waals surface area contributed by atoms with Crippen molar-refractivity contribution in [1.82, 2.24) is 19.6 Å². The molecule has 132 valence electrons. The molecule has 0 unspecified atom stereocenters. The zero-order valence-electron chi connectivity index (χ0n) is 13.9. The highest BCUT2D eigenvalue weighted by Gasteiger charge is 2.26. The first-order valence-electron chi connectivity index (χ1n) is 7.97. The molecule has 1 aromatic heterocycles. The van der Waals surface area contributed by atoms with Crippen LogP contribution < -0.4 is 0 Å². The average Bonchev–Trinajstić information content (AvgIpc) is 2.94. The maximum Gasteiger partial charge on any atom is 0.275 e. The van der Waals surface area contributed by atoms with Gasteiger partial charge in [-0.1, -0.05) is 0 Å². The number of aromatic hydroxyl groups is 1. The number of ketones is 1. The molecule has 8 heteroatoms. The molecule has 1 amide bonds. The van der Waals surface area contributed by atoms with Gasteiger partial charge in [0.15, 0.2) is 11.5 Å². The van der Waals surface area contributed by atoms with Crippen LogP contribution in [0.4, 0.5) is 0 Å². The van der Waals surface area contributed by atoms with Gasteiger partial charge in [-0.25, -0.2) is 0 Å². The number of nitrogens with zero attached hydrogens (tertiary/aromatic N) is 4. The van der Waals surface area contributed by atoms with E-state index >= 15 is 0 Å². The van der Waals surface area contributed by atoms with Crippen molar-refractivity contribution in [1.29, 1.82) is 0 Å². The van der Waals surface area contributed by atoms with Gasteiger partial charge in [-0.15, -0.1) is 0 Å². The fourth-order valence-electron chi connectivity index (χ4n) is 2.81. The van der Waals surface area contributed by atoms with Gasteiger partial charge in [-0.3, -0.25) is 19.2 Å². The van der Waals surface area contributed by atoms with Crippen LogP contribution in [0.2, 0.25) is 0 Å². The lowest BCUT2D eigenvalue weighted by Gasteiger charge is -2.34. The zero-order chi connectivity index (χ0) is 18.0. The number of halogens is 1. The van der Waals surface area contributed by atoms with Crippen molar-refractivity contribution in [2.75, 3.05) is 32.7 Å². The van der Waals surface area contributed by atoms with E-state index in [4.69, 9.17) is 0 Å². The first-order valence-corrected chi connectivity index (χ1v) is 8.76. The van der Waals surface area contributed by atoms with E-state index in [1.54, 1.807) is 35.0 Å². The third kappa shape index (κ3) is 4.08. The lowest BCUT2D eigenvalue weighted by Crippen LogP contribution is -2.50. The Morgan fingerprint density at radius 1 is 1.16 bits per heavy atom. The van der Waals surface area contributed by atoms with Gasteiger partial charge in [0.25, 0.3) is 5.91 Å². The number of phenols is 1. The van der Waals surface area contributed by atoms with Crippen molar-refractivity contribution in [3.05, 3.63) is 46.2 Å². The fraction of sp³-hybridized carbons (Fsp3) is 0.353. The van der Waals surface area contributed by atoms with E-state index in [1.165, 1.54) is 12.1 Å². The van der Waals surface area contributed by atoms with Crippen molar-refractivity contribution in [3.8, 4) is 5.75 Å². The average molecular weight is 407 g/mol. The van der Waals surface area contributed by atoms with E-state index in [9.17, 15) is 14.7 Å². The predicted octanol–water partition coefficient (Wildman–Crippen LogP) is 1.53. The van der Waals surface area contributed by atoms with Gasteiger partial charge in [0.2, 0.25) is 0 Å². The van der Waals surface area contributed by atoms with Gasteiger partial charge >= 0.3 is 0 Å². The summed E-state index contributed by atoms with van der Waals surface area (Å²) in [4.78, 5) is 28.6. The third-order valence-electron chi connectivity index (χ3n) is 4.20. The molecule has 25 heavy (non-hydrogen) atoms. The van der Waals surface area contributed by atoms with E-state index in [0.717, 1.165) is 0 Å². The Morgan fingerprint density at radius 2 is 1.80 bits per heavy atom. The van der Waals surface area contributed by atoms with Crippen LogP contribution >= 0.6 is 15.9 Å². The molecule has 0 bridgehead atoms. The summed E-state index contributed by atoms with van der Waals surface area (Å²) in [5.41, 5.74) is 0.991. The number of rotatable bonds is 4. The molecule has 0 radical (unpaired) electrons. The molecule has 1 fully saturated rings. The topological polar surface area (TPSA) is 78.7 Å². The summed E-state index contributed by atoms with van der Waals surface area (Å²) in [6, 6.07) is 6.26. The Labute approximate surface area is 154 Å². The van der Waals surface area contributed by atoms with Gasteiger partial charge in [-0.2, -0.15) is 5.10 Å². The minimum absolute atomic E-state index is 0.00671. The minimum atomic E-state index is -0.100. The number of Topliss-reactive ketones (excluding diaryl/α,β-unsaturated/α-hetero) is 1. The number of benzene rings is 1. The van der Waals surface area contributed by atoms with Crippen LogP contribution in [-0.4, -0.2) is 69.1 Å². The number of aromatic nitrogens is 2. The van der Waals surface area contributed by atoms with Crippen LogP contribution in [0.15, 0.2) is 34.9 Å². The molecular weight excluding hydrogens is 388 g/mol. The largest absolute Gasteiger partial charge is 0.508 e. The molecule has 1 saturated heterocycles. The van der Waals surface area contributed by atoms with Gasteiger partial charge < -0.3 is 10.0 Å². The van der Waals surface area contributed by atoms with E-state index < -0.39 is 0 Å². The van der Waals surface area contributed by atoms with Gasteiger partial charge in [-0.05, 0) is 40.2 Å².